The van der Waals surface area contributed by atoms with Crippen LogP contribution >= 0.6 is 7.82 Å². The number of amides is 1. The highest BCUT2D eigenvalue weighted by molar-refractivity contribution is 7.47. The third kappa shape index (κ3) is 38.0. The summed E-state index contributed by atoms with van der Waals surface area (Å²) in [6.07, 6.45) is 49.8. The van der Waals surface area contributed by atoms with Gasteiger partial charge in [0.05, 0.1) is 39.9 Å². The van der Waals surface area contributed by atoms with Crippen molar-refractivity contribution in [2.75, 3.05) is 40.9 Å². The van der Waals surface area contributed by atoms with Crippen molar-refractivity contribution in [3.05, 3.63) is 85.1 Å². The molecule has 0 spiro atoms. The molecule has 0 aliphatic rings. The maximum Gasteiger partial charge on any atom is 0.472 e. The number of hydrogen-bond acceptors (Lipinski definition) is 5. The summed E-state index contributed by atoms with van der Waals surface area (Å²) in [7, 11) is 1.54. The first kappa shape index (κ1) is 51.7. The standard InChI is InChI=1S/C45H79N2O6P/c1-6-8-10-12-13-14-15-16-17-18-19-20-21-22-23-24-25-26-27-28-29-30-31-32-33-35-37-39-45(49)46-43(44(48)38-36-34-11-9-7-2)42-53-54(50,51)52-41-40-47(3,4)5/h8,10,13-14,16-17,19-20,22-23,25-26,36,38,43-44,48H,6-7,9,11-12,15,18,21,24,27-35,37,39-42H2,1-5H3,(H-,46,49,50,51)/p+1/b10-8-,14-13-,17-16-,20-19-,23-22-,26-25-,38-36+. The Morgan fingerprint density at radius 3 is 1.63 bits per heavy atom. The number of carbonyl (C=O) groups excluding carboxylic acids is 1. The molecule has 0 saturated carbocycles. The summed E-state index contributed by atoms with van der Waals surface area (Å²) >= 11 is 0. The van der Waals surface area contributed by atoms with Crippen LogP contribution in [0.2, 0.25) is 0 Å². The number of likely N-dealkylation sites (N-methyl/N-ethyl adjacent to an activating group) is 1. The van der Waals surface area contributed by atoms with Crippen molar-refractivity contribution in [1.29, 1.82) is 0 Å². The molecule has 0 aliphatic carbocycles. The molecule has 1 amide bonds. The van der Waals surface area contributed by atoms with Crippen LogP contribution in [0.15, 0.2) is 85.1 Å². The molecule has 3 atom stereocenters. The molecular weight excluding hydrogens is 695 g/mol. The zero-order valence-electron chi connectivity index (χ0n) is 34.9. The van der Waals surface area contributed by atoms with Crippen LogP contribution in [0.3, 0.4) is 0 Å². The second kappa shape index (κ2) is 36.3. The number of phosphoric acid groups is 1. The van der Waals surface area contributed by atoms with E-state index in [2.05, 4.69) is 92.1 Å². The van der Waals surface area contributed by atoms with Gasteiger partial charge in [-0.05, 0) is 70.6 Å². The van der Waals surface area contributed by atoms with Crippen molar-refractivity contribution in [2.45, 2.75) is 154 Å². The van der Waals surface area contributed by atoms with Crippen LogP contribution in [0.4, 0.5) is 0 Å². The van der Waals surface area contributed by atoms with Crippen LogP contribution in [0.1, 0.15) is 142 Å². The summed E-state index contributed by atoms with van der Waals surface area (Å²) in [5.41, 5.74) is 0. The summed E-state index contributed by atoms with van der Waals surface area (Å²) in [5.74, 6) is -0.199. The van der Waals surface area contributed by atoms with E-state index in [1.54, 1.807) is 6.08 Å². The van der Waals surface area contributed by atoms with Gasteiger partial charge in [0.2, 0.25) is 5.91 Å². The molecule has 0 aromatic rings. The monoisotopic (exact) mass is 776 g/mol. The fourth-order valence-electron chi connectivity index (χ4n) is 5.28. The lowest BCUT2D eigenvalue weighted by Gasteiger charge is -2.25. The number of quaternary nitrogens is 1. The smallest absolute Gasteiger partial charge is 0.387 e. The van der Waals surface area contributed by atoms with Crippen molar-refractivity contribution in [3.63, 3.8) is 0 Å². The van der Waals surface area contributed by atoms with Crippen LogP contribution in [0, 0.1) is 0 Å². The maximum absolute atomic E-state index is 12.7. The Kier molecular flexibility index (Phi) is 34.8. The number of nitrogens with zero attached hydrogens (tertiary/aromatic N) is 1. The van der Waals surface area contributed by atoms with Crippen LogP contribution in [-0.4, -0.2) is 73.4 Å². The van der Waals surface area contributed by atoms with Gasteiger partial charge in [0.15, 0.2) is 0 Å². The number of carbonyl (C=O) groups is 1. The highest BCUT2D eigenvalue weighted by atomic mass is 31.2. The molecule has 0 rings (SSSR count). The fourth-order valence-corrected chi connectivity index (χ4v) is 6.01. The molecule has 3 N–H and O–H groups in total. The quantitative estimate of drug-likeness (QED) is 0.0253. The van der Waals surface area contributed by atoms with Gasteiger partial charge in [0.25, 0.3) is 0 Å². The summed E-state index contributed by atoms with van der Waals surface area (Å²) in [4.78, 5) is 22.9. The SMILES string of the molecule is CC/C=C\C/C=C\C/C=C\C/C=C\C/C=C\C/C=C\CCCCCCCCCCC(=O)NC(COP(=O)(O)OCC[N+](C)(C)C)C(O)/C=C/CCCCC. The van der Waals surface area contributed by atoms with E-state index in [0.717, 1.165) is 89.9 Å². The first-order valence-electron chi connectivity index (χ1n) is 21.0. The first-order valence-corrected chi connectivity index (χ1v) is 22.5. The summed E-state index contributed by atoms with van der Waals surface area (Å²) < 4.78 is 23.3. The van der Waals surface area contributed by atoms with Gasteiger partial charge in [0, 0.05) is 6.42 Å². The number of aliphatic hydroxyl groups excluding tert-OH is 1. The highest BCUT2D eigenvalue weighted by Crippen LogP contribution is 2.43. The van der Waals surface area contributed by atoms with Crippen molar-refractivity contribution < 1.29 is 32.9 Å². The average molecular weight is 776 g/mol. The third-order valence-electron chi connectivity index (χ3n) is 8.62. The average Bonchev–Trinajstić information content (AvgIpc) is 3.12. The molecule has 0 heterocycles. The topological polar surface area (TPSA) is 105 Å². The van der Waals surface area contributed by atoms with Crippen molar-refractivity contribution in [1.82, 2.24) is 5.32 Å². The number of allylic oxidation sites excluding steroid dienone is 13. The Morgan fingerprint density at radius 2 is 1.11 bits per heavy atom. The molecule has 0 aliphatic heterocycles. The lowest BCUT2D eigenvalue weighted by Crippen LogP contribution is -2.45. The summed E-state index contributed by atoms with van der Waals surface area (Å²) in [6, 6.07) is -0.852. The Balaban J connectivity index is 4.11. The largest absolute Gasteiger partial charge is 0.472 e. The molecule has 9 heteroatoms. The van der Waals surface area contributed by atoms with Gasteiger partial charge in [-0.1, -0.05) is 150 Å². The molecular formula is C45H80N2O6P+. The van der Waals surface area contributed by atoms with E-state index in [0.29, 0.717) is 17.4 Å². The Bertz CT molecular complexity index is 1150. The van der Waals surface area contributed by atoms with Gasteiger partial charge < -0.3 is 19.8 Å². The predicted molar refractivity (Wildman–Crippen MR) is 230 cm³/mol. The van der Waals surface area contributed by atoms with E-state index in [1.807, 2.05) is 27.2 Å². The fraction of sp³-hybridized carbons (Fsp3) is 0.667. The van der Waals surface area contributed by atoms with E-state index in [4.69, 9.17) is 9.05 Å². The summed E-state index contributed by atoms with van der Waals surface area (Å²) in [6.45, 7) is 4.55. The molecule has 0 bridgehead atoms. The lowest BCUT2D eigenvalue weighted by atomic mass is 10.1. The molecule has 0 radical (unpaired) electrons. The lowest BCUT2D eigenvalue weighted by molar-refractivity contribution is -0.870. The van der Waals surface area contributed by atoms with Crippen LogP contribution in [-0.2, 0) is 18.4 Å². The number of hydrogen-bond donors (Lipinski definition) is 3. The molecule has 0 saturated heterocycles. The second-order valence-corrected chi connectivity index (χ2v) is 16.4. The van der Waals surface area contributed by atoms with Crippen LogP contribution in [0.5, 0.6) is 0 Å². The molecule has 0 aromatic carbocycles. The van der Waals surface area contributed by atoms with E-state index in [9.17, 15) is 19.4 Å². The van der Waals surface area contributed by atoms with Crippen molar-refractivity contribution in [2.24, 2.45) is 0 Å². The van der Waals surface area contributed by atoms with Crippen LogP contribution in [0.25, 0.3) is 0 Å². The minimum absolute atomic E-state index is 0.0541. The molecule has 0 fully saturated rings. The Hall–Kier alpha value is -2.32. The summed E-state index contributed by atoms with van der Waals surface area (Å²) in [5, 5.41) is 13.6. The maximum atomic E-state index is 12.7. The minimum Gasteiger partial charge on any atom is -0.387 e. The molecule has 0 aromatic heterocycles. The van der Waals surface area contributed by atoms with Gasteiger partial charge in [-0.25, -0.2) is 4.57 Å². The van der Waals surface area contributed by atoms with Gasteiger partial charge in [-0.3, -0.25) is 13.8 Å². The minimum atomic E-state index is -4.33. The number of rotatable bonds is 36. The van der Waals surface area contributed by atoms with Crippen LogP contribution < -0.4 is 5.32 Å². The number of phosphoric ester groups is 1. The molecule has 54 heavy (non-hydrogen) atoms. The normalized spacial score (nSPS) is 15.3. The van der Waals surface area contributed by atoms with Gasteiger partial charge >= 0.3 is 7.82 Å². The van der Waals surface area contributed by atoms with Crippen molar-refractivity contribution in [3.8, 4) is 0 Å². The predicted octanol–water partition coefficient (Wildman–Crippen LogP) is 11.4. The Labute approximate surface area is 331 Å². The second-order valence-electron chi connectivity index (χ2n) is 15.0. The van der Waals surface area contributed by atoms with E-state index < -0.39 is 20.0 Å². The molecule has 8 nitrogen and oxygen atoms in total. The number of aliphatic hydroxyl groups is 1. The van der Waals surface area contributed by atoms with E-state index in [-0.39, 0.29) is 19.1 Å². The molecule has 3 unspecified atom stereocenters. The molecule has 310 valence electrons. The van der Waals surface area contributed by atoms with Gasteiger partial charge in [-0.2, -0.15) is 0 Å². The van der Waals surface area contributed by atoms with Gasteiger partial charge in [0.1, 0.15) is 13.2 Å². The Morgan fingerprint density at radius 1 is 0.648 bits per heavy atom. The number of unbranched alkanes of at least 4 members (excludes halogenated alkanes) is 11. The third-order valence-corrected chi connectivity index (χ3v) is 9.61. The van der Waals surface area contributed by atoms with E-state index >= 15 is 0 Å². The van der Waals surface area contributed by atoms with Crippen molar-refractivity contribution >= 4 is 13.7 Å². The first-order chi connectivity index (χ1) is 26.0. The zero-order valence-corrected chi connectivity index (χ0v) is 35.8. The highest BCUT2D eigenvalue weighted by Gasteiger charge is 2.27. The number of nitrogens with one attached hydrogen (secondary N) is 1. The van der Waals surface area contributed by atoms with Gasteiger partial charge in [-0.15, -0.1) is 0 Å². The van der Waals surface area contributed by atoms with E-state index in [1.165, 1.54) is 32.1 Å². The zero-order chi connectivity index (χ0) is 40.0.